The number of hydrogen-bond donors (Lipinski definition) is 1. The molecule has 0 heterocycles. The number of hydrogen-bond acceptors (Lipinski definition) is 4. The van der Waals surface area contributed by atoms with Crippen LogP contribution in [0.5, 0.6) is 0 Å². The van der Waals surface area contributed by atoms with E-state index < -0.39 is 16.1 Å². The van der Waals surface area contributed by atoms with Crippen LogP contribution < -0.4 is 9.62 Å². The number of sulfonamides is 1. The Morgan fingerprint density at radius 1 is 1.03 bits per heavy atom. The molecule has 192 valence electrons. The van der Waals surface area contributed by atoms with E-state index in [-0.39, 0.29) is 30.8 Å². The van der Waals surface area contributed by atoms with Crippen molar-refractivity contribution in [2.45, 2.75) is 72.5 Å². The van der Waals surface area contributed by atoms with Crippen molar-refractivity contribution in [2.24, 2.45) is 0 Å². The Kier molecular flexibility index (Phi) is 10.3. The molecule has 7 nitrogen and oxygen atoms in total. The Morgan fingerprint density at radius 3 is 2.26 bits per heavy atom. The molecule has 2 aromatic carbocycles. The van der Waals surface area contributed by atoms with E-state index in [0.717, 1.165) is 16.7 Å². The van der Waals surface area contributed by atoms with E-state index in [4.69, 9.17) is 0 Å². The third-order valence-corrected chi connectivity index (χ3v) is 6.98. The van der Waals surface area contributed by atoms with E-state index in [1.54, 1.807) is 4.90 Å². The topological polar surface area (TPSA) is 86.8 Å². The lowest BCUT2D eigenvalue weighted by molar-refractivity contribution is -0.141. The second-order valence-corrected chi connectivity index (χ2v) is 11.2. The number of carbonyl (C=O) groups excluding carboxylic acids is 2. The first-order valence-electron chi connectivity index (χ1n) is 12.1. The van der Waals surface area contributed by atoms with Gasteiger partial charge in [-0.25, -0.2) is 8.42 Å². The molecule has 2 rings (SSSR count). The molecule has 0 saturated heterocycles. The first-order chi connectivity index (χ1) is 16.4. The molecule has 8 heteroatoms. The number of rotatable bonds is 12. The number of amides is 2. The summed E-state index contributed by atoms with van der Waals surface area (Å²) >= 11 is 0. The summed E-state index contributed by atoms with van der Waals surface area (Å²) in [5.41, 5.74) is 3.38. The zero-order valence-electron chi connectivity index (χ0n) is 21.7. The molecule has 0 saturated carbocycles. The van der Waals surface area contributed by atoms with Crippen LogP contribution in [0.25, 0.3) is 0 Å². The van der Waals surface area contributed by atoms with Gasteiger partial charge < -0.3 is 10.2 Å². The largest absolute Gasteiger partial charge is 0.352 e. The normalized spacial score (nSPS) is 12.3. The van der Waals surface area contributed by atoms with Crippen molar-refractivity contribution in [3.05, 3.63) is 65.2 Å². The minimum Gasteiger partial charge on any atom is -0.352 e. The second kappa shape index (κ2) is 12.7. The quantitative estimate of drug-likeness (QED) is 0.473. The molecule has 35 heavy (non-hydrogen) atoms. The molecule has 0 fully saturated rings. The minimum absolute atomic E-state index is 0.0360. The Morgan fingerprint density at radius 2 is 1.69 bits per heavy atom. The molecule has 0 spiro atoms. The monoisotopic (exact) mass is 501 g/mol. The van der Waals surface area contributed by atoms with E-state index in [1.807, 2.05) is 83.1 Å². The molecule has 2 aromatic rings. The van der Waals surface area contributed by atoms with Crippen LogP contribution in [0.2, 0.25) is 0 Å². The van der Waals surface area contributed by atoms with E-state index in [9.17, 15) is 18.0 Å². The summed E-state index contributed by atoms with van der Waals surface area (Å²) in [6, 6.07) is 14.6. The Balaban J connectivity index is 2.22. The standard InChI is InChI=1S/C27H39N3O4S/c1-7-24(27(32)28-20(2)3)29(19-23-12-9-8-10-13-23)26(31)14-11-17-30(35(6,33)34)25-18-21(4)15-16-22(25)5/h8-10,12-13,15-16,18,20,24H,7,11,14,17,19H2,1-6H3,(H,28,32)/t24-/m1/s1. The molecule has 0 aliphatic rings. The second-order valence-electron chi connectivity index (χ2n) is 9.32. The lowest BCUT2D eigenvalue weighted by Crippen LogP contribution is -2.50. The van der Waals surface area contributed by atoms with Gasteiger partial charge in [0.2, 0.25) is 21.8 Å². The maximum Gasteiger partial charge on any atom is 0.243 e. The molecular weight excluding hydrogens is 462 g/mol. The smallest absolute Gasteiger partial charge is 0.243 e. The molecule has 2 amide bonds. The van der Waals surface area contributed by atoms with E-state index >= 15 is 0 Å². The Bertz CT molecular complexity index is 1100. The van der Waals surface area contributed by atoms with Crippen molar-refractivity contribution < 1.29 is 18.0 Å². The van der Waals surface area contributed by atoms with Crippen molar-refractivity contribution in [3.63, 3.8) is 0 Å². The Labute approximate surface area is 210 Å². The molecule has 1 atom stereocenters. The average Bonchev–Trinajstić information content (AvgIpc) is 2.77. The van der Waals surface area contributed by atoms with Crippen LogP contribution in [0.15, 0.2) is 48.5 Å². The average molecular weight is 502 g/mol. The van der Waals surface area contributed by atoms with Gasteiger partial charge in [0, 0.05) is 25.6 Å². The van der Waals surface area contributed by atoms with Crippen LogP contribution in [0, 0.1) is 13.8 Å². The summed E-state index contributed by atoms with van der Waals surface area (Å²) in [5, 5.41) is 2.92. The molecule has 0 bridgehead atoms. The first kappa shape index (κ1) is 28.4. The number of carbonyl (C=O) groups is 2. The summed E-state index contributed by atoms with van der Waals surface area (Å²) in [5.74, 6) is -0.353. The summed E-state index contributed by atoms with van der Waals surface area (Å²) in [7, 11) is -3.53. The van der Waals surface area contributed by atoms with E-state index in [0.29, 0.717) is 25.1 Å². The van der Waals surface area contributed by atoms with Gasteiger partial charge >= 0.3 is 0 Å². The molecule has 0 unspecified atom stereocenters. The molecule has 0 aliphatic carbocycles. The number of aryl methyl sites for hydroxylation is 2. The zero-order valence-corrected chi connectivity index (χ0v) is 22.6. The van der Waals surface area contributed by atoms with Gasteiger partial charge in [-0.15, -0.1) is 0 Å². The van der Waals surface area contributed by atoms with Gasteiger partial charge in [-0.1, -0.05) is 49.4 Å². The third-order valence-electron chi connectivity index (χ3n) is 5.80. The lowest BCUT2D eigenvalue weighted by Gasteiger charge is -2.31. The van der Waals surface area contributed by atoms with Gasteiger partial charge in [0.1, 0.15) is 6.04 Å². The molecule has 0 aromatic heterocycles. The lowest BCUT2D eigenvalue weighted by atomic mass is 10.1. The fraction of sp³-hybridized carbons (Fsp3) is 0.481. The van der Waals surface area contributed by atoms with E-state index in [1.165, 1.54) is 10.6 Å². The summed E-state index contributed by atoms with van der Waals surface area (Å²) in [6.07, 6.45) is 2.14. The summed E-state index contributed by atoms with van der Waals surface area (Å²) in [4.78, 5) is 27.9. The van der Waals surface area contributed by atoms with Gasteiger partial charge in [0.25, 0.3) is 0 Å². The van der Waals surface area contributed by atoms with Crippen molar-refractivity contribution in [1.29, 1.82) is 0 Å². The SMILES string of the molecule is CC[C@H](C(=O)NC(C)C)N(Cc1ccccc1)C(=O)CCCN(c1cc(C)ccc1C)S(C)(=O)=O. The van der Waals surface area contributed by atoms with Crippen LogP contribution >= 0.6 is 0 Å². The van der Waals surface area contributed by atoms with Crippen molar-refractivity contribution in [1.82, 2.24) is 10.2 Å². The molecule has 1 N–H and O–H groups in total. The predicted octanol–water partition coefficient (Wildman–Crippen LogP) is 4.18. The Hall–Kier alpha value is -2.87. The molecule has 0 aliphatic heterocycles. The fourth-order valence-electron chi connectivity index (χ4n) is 4.05. The van der Waals surface area contributed by atoms with Crippen LogP contribution in [0.4, 0.5) is 5.69 Å². The van der Waals surface area contributed by atoms with Gasteiger partial charge in [-0.3, -0.25) is 13.9 Å². The zero-order chi connectivity index (χ0) is 26.2. The first-order valence-corrected chi connectivity index (χ1v) is 14.0. The van der Waals surface area contributed by atoms with E-state index in [2.05, 4.69) is 5.32 Å². The molecular formula is C27H39N3O4S. The fourth-order valence-corrected chi connectivity index (χ4v) is 5.07. The minimum atomic E-state index is -3.53. The van der Waals surface area contributed by atoms with Crippen LogP contribution in [0.1, 0.15) is 56.7 Å². The number of nitrogens with one attached hydrogen (secondary N) is 1. The summed E-state index contributed by atoms with van der Waals surface area (Å²) < 4.78 is 26.5. The van der Waals surface area contributed by atoms with Crippen LogP contribution in [-0.4, -0.2) is 50.0 Å². The van der Waals surface area contributed by atoms with Gasteiger partial charge in [-0.05, 0) is 63.3 Å². The highest BCUT2D eigenvalue weighted by molar-refractivity contribution is 7.92. The van der Waals surface area contributed by atoms with Gasteiger partial charge in [-0.2, -0.15) is 0 Å². The van der Waals surface area contributed by atoms with Crippen LogP contribution in [-0.2, 0) is 26.2 Å². The third kappa shape index (κ3) is 8.38. The highest BCUT2D eigenvalue weighted by Gasteiger charge is 2.29. The van der Waals surface area contributed by atoms with Gasteiger partial charge in [0.15, 0.2) is 0 Å². The van der Waals surface area contributed by atoms with Crippen molar-refractivity contribution in [2.75, 3.05) is 17.1 Å². The highest BCUT2D eigenvalue weighted by atomic mass is 32.2. The van der Waals surface area contributed by atoms with Crippen molar-refractivity contribution in [3.8, 4) is 0 Å². The number of nitrogens with zero attached hydrogens (tertiary/aromatic N) is 2. The number of benzene rings is 2. The van der Waals surface area contributed by atoms with Crippen molar-refractivity contribution >= 4 is 27.5 Å². The van der Waals surface area contributed by atoms with Gasteiger partial charge in [0.05, 0.1) is 11.9 Å². The maximum atomic E-state index is 13.4. The number of anilines is 1. The molecule has 0 radical (unpaired) electrons. The predicted molar refractivity (Wildman–Crippen MR) is 142 cm³/mol. The van der Waals surface area contributed by atoms with Crippen LogP contribution in [0.3, 0.4) is 0 Å². The summed E-state index contributed by atoms with van der Waals surface area (Å²) in [6.45, 7) is 9.96. The highest BCUT2D eigenvalue weighted by Crippen LogP contribution is 2.25. The maximum absolute atomic E-state index is 13.4.